The molecule has 3 unspecified atom stereocenters. The van der Waals surface area contributed by atoms with Crippen molar-refractivity contribution in [3.8, 4) is 0 Å². The molecule has 1 saturated carbocycles. The van der Waals surface area contributed by atoms with Crippen LogP contribution < -0.4 is 5.56 Å². The number of aryl methyl sites for hydroxylation is 1. The van der Waals surface area contributed by atoms with E-state index in [0.717, 1.165) is 31.2 Å². The molecule has 1 aliphatic heterocycles. The Bertz CT molecular complexity index is 967. The normalized spacial score (nSPS) is 24.8. The number of hydrogen-bond donors (Lipinski definition) is 1. The molecule has 27 heavy (non-hydrogen) atoms. The molecule has 142 valence electrons. The number of aliphatic carboxylic acids is 1. The number of para-hydroxylation sites is 1. The molecule has 1 amide bonds. The van der Waals surface area contributed by atoms with Gasteiger partial charge in [-0.15, -0.1) is 0 Å². The predicted octanol–water partition coefficient (Wildman–Crippen LogP) is 1.95. The van der Waals surface area contributed by atoms with Crippen molar-refractivity contribution in [3.63, 3.8) is 0 Å². The summed E-state index contributed by atoms with van der Waals surface area (Å²) in [6, 6.07) is 4.55. The van der Waals surface area contributed by atoms with Crippen molar-refractivity contribution in [2.75, 3.05) is 0 Å². The summed E-state index contributed by atoms with van der Waals surface area (Å²) in [6.45, 7) is 1.71. The summed E-state index contributed by atoms with van der Waals surface area (Å²) < 4.78 is 1.29. The van der Waals surface area contributed by atoms with Gasteiger partial charge in [-0.25, -0.2) is 9.78 Å². The van der Waals surface area contributed by atoms with E-state index in [1.165, 1.54) is 15.8 Å². The number of rotatable bonds is 3. The lowest BCUT2D eigenvalue weighted by Gasteiger charge is -2.33. The number of amides is 1. The Morgan fingerprint density at radius 1 is 1.26 bits per heavy atom. The molecular formula is C20H23N3O4. The fraction of sp³-hybridized carbons (Fsp3) is 0.500. The van der Waals surface area contributed by atoms with Crippen molar-refractivity contribution in [2.24, 2.45) is 5.92 Å². The van der Waals surface area contributed by atoms with Crippen LogP contribution in [0.2, 0.25) is 0 Å². The minimum atomic E-state index is -0.961. The molecule has 3 atom stereocenters. The van der Waals surface area contributed by atoms with E-state index >= 15 is 0 Å². The number of carboxylic acids is 1. The van der Waals surface area contributed by atoms with Crippen LogP contribution in [0.5, 0.6) is 0 Å². The second kappa shape index (κ2) is 6.79. The molecule has 2 heterocycles. The highest BCUT2D eigenvalue weighted by molar-refractivity contribution is 5.85. The molecule has 0 radical (unpaired) electrons. The average Bonchev–Trinajstić information content (AvgIpc) is 3.04. The molecule has 7 heteroatoms. The Morgan fingerprint density at radius 3 is 2.81 bits per heavy atom. The highest BCUT2D eigenvalue weighted by Crippen LogP contribution is 2.39. The zero-order valence-electron chi connectivity index (χ0n) is 15.3. The number of carboxylic acid groups (broad SMARTS) is 1. The minimum absolute atomic E-state index is 0.0290. The quantitative estimate of drug-likeness (QED) is 0.893. The van der Waals surface area contributed by atoms with Gasteiger partial charge in [0.15, 0.2) is 0 Å². The summed E-state index contributed by atoms with van der Waals surface area (Å²) in [5.41, 5.74) is 1.25. The van der Waals surface area contributed by atoms with Crippen LogP contribution in [-0.2, 0) is 16.1 Å². The lowest BCUT2D eigenvalue weighted by molar-refractivity contribution is -0.150. The third kappa shape index (κ3) is 3.01. The Hall–Kier alpha value is -2.70. The number of carbonyl (C=O) groups is 2. The molecule has 1 N–H and O–H groups in total. The first-order chi connectivity index (χ1) is 13.0. The van der Waals surface area contributed by atoms with E-state index in [9.17, 15) is 19.5 Å². The highest BCUT2D eigenvalue weighted by Gasteiger charge is 2.47. The molecule has 1 aliphatic carbocycles. The number of hydrogen-bond acceptors (Lipinski definition) is 4. The Morgan fingerprint density at radius 2 is 2.04 bits per heavy atom. The number of likely N-dealkylation sites (tertiary alicyclic amines) is 1. The van der Waals surface area contributed by atoms with Gasteiger partial charge in [0.1, 0.15) is 12.6 Å². The van der Waals surface area contributed by atoms with Gasteiger partial charge < -0.3 is 10.0 Å². The summed E-state index contributed by atoms with van der Waals surface area (Å²) in [6.07, 6.45) is 5.80. The van der Waals surface area contributed by atoms with Gasteiger partial charge in [-0.1, -0.05) is 25.0 Å². The van der Waals surface area contributed by atoms with E-state index in [1.54, 1.807) is 12.1 Å². The fourth-order valence-electron chi connectivity index (χ4n) is 4.72. The van der Waals surface area contributed by atoms with Crippen molar-refractivity contribution >= 4 is 22.8 Å². The van der Waals surface area contributed by atoms with Gasteiger partial charge in [0.05, 0.1) is 17.2 Å². The second-order valence-electron chi connectivity index (χ2n) is 7.65. The van der Waals surface area contributed by atoms with Crippen LogP contribution in [0.15, 0.2) is 29.3 Å². The molecule has 2 aliphatic rings. The summed E-state index contributed by atoms with van der Waals surface area (Å²) in [7, 11) is 0. The average molecular weight is 369 g/mol. The van der Waals surface area contributed by atoms with E-state index in [-0.39, 0.29) is 30.0 Å². The Labute approximate surface area is 156 Å². The van der Waals surface area contributed by atoms with Gasteiger partial charge in [-0.3, -0.25) is 14.2 Å². The van der Waals surface area contributed by atoms with Crippen molar-refractivity contribution in [3.05, 3.63) is 40.4 Å². The van der Waals surface area contributed by atoms with Gasteiger partial charge >= 0.3 is 5.97 Å². The zero-order valence-corrected chi connectivity index (χ0v) is 15.3. The van der Waals surface area contributed by atoms with Gasteiger partial charge in [0.2, 0.25) is 5.91 Å². The summed E-state index contributed by atoms with van der Waals surface area (Å²) in [5.74, 6) is -1.03. The van der Waals surface area contributed by atoms with Crippen LogP contribution in [0, 0.1) is 12.8 Å². The summed E-state index contributed by atoms with van der Waals surface area (Å²) in [4.78, 5) is 43.4. The van der Waals surface area contributed by atoms with Gasteiger partial charge in [0.25, 0.3) is 5.56 Å². The molecule has 1 saturated heterocycles. The van der Waals surface area contributed by atoms with Gasteiger partial charge in [-0.05, 0) is 43.7 Å². The zero-order chi connectivity index (χ0) is 19.1. The van der Waals surface area contributed by atoms with Crippen molar-refractivity contribution in [2.45, 2.75) is 57.7 Å². The van der Waals surface area contributed by atoms with Crippen molar-refractivity contribution < 1.29 is 14.7 Å². The van der Waals surface area contributed by atoms with Crippen LogP contribution in [0.1, 0.15) is 37.7 Å². The minimum Gasteiger partial charge on any atom is -0.480 e. The summed E-state index contributed by atoms with van der Waals surface area (Å²) in [5, 5.41) is 10.1. The van der Waals surface area contributed by atoms with Crippen LogP contribution in [0.25, 0.3) is 10.9 Å². The van der Waals surface area contributed by atoms with E-state index < -0.39 is 12.0 Å². The van der Waals surface area contributed by atoms with E-state index in [1.807, 2.05) is 13.0 Å². The lowest BCUT2D eigenvalue weighted by Crippen LogP contribution is -2.48. The molecule has 0 bridgehead atoms. The maximum Gasteiger partial charge on any atom is 0.326 e. The van der Waals surface area contributed by atoms with Crippen LogP contribution in [-0.4, -0.2) is 43.5 Å². The maximum atomic E-state index is 13.0. The molecule has 2 fully saturated rings. The molecule has 2 aromatic rings. The van der Waals surface area contributed by atoms with Crippen LogP contribution in [0.4, 0.5) is 0 Å². The molecule has 4 rings (SSSR count). The van der Waals surface area contributed by atoms with Gasteiger partial charge in [0, 0.05) is 6.04 Å². The fourth-order valence-corrected chi connectivity index (χ4v) is 4.72. The second-order valence-corrected chi connectivity index (χ2v) is 7.65. The molecule has 0 spiro atoms. The predicted molar refractivity (Wildman–Crippen MR) is 99.4 cm³/mol. The first-order valence-corrected chi connectivity index (χ1v) is 9.46. The number of fused-ring (bicyclic) bond motifs is 2. The number of benzene rings is 1. The Balaban J connectivity index is 1.65. The number of nitrogens with zero attached hydrogens (tertiary/aromatic N) is 3. The Kier molecular flexibility index (Phi) is 4.45. The monoisotopic (exact) mass is 369 g/mol. The topological polar surface area (TPSA) is 92.5 Å². The van der Waals surface area contributed by atoms with Crippen LogP contribution in [0.3, 0.4) is 0 Å². The molecule has 1 aromatic carbocycles. The summed E-state index contributed by atoms with van der Waals surface area (Å²) >= 11 is 0. The number of aromatic nitrogens is 2. The standard InChI is InChI=1S/C20H23N3O4/c1-12-5-4-7-14-18(12)21-11-22(19(14)25)10-17(24)23-15-8-3-2-6-13(15)9-16(23)20(26)27/h4-5,7,11,13,15-16H,2-3,6,8-10H2,1H3,(H,26,27). The maximum absolute atomic E-state index is 13.0. The molecule has 7 nitrogen and oxygen atoms in total. The van der Waals surface area contributed by atoms with Gasteiger partial charge in [-0.2, -0.15) is 0 Å². The first-order valence-electron chi connectivity index (χ1n) is 9.46. The smallest absolute Gasteiger partial charge is 0.326 e. The van der Waals surface area contributed by atoms with E-state index in [2.05, 4.69) is 4.98 Å². The van der Waals surface area contributed by atoms with Crippen LogP contribution >= 0.6 is 0 Å². The number of carbonyl (C=O) groups excluding carboxylic acids is 1. The third-order valence-electron chi connectivity index (χ3n) is 6.02. The lowest BCUT2D eigenvalue weighted by atomic mass is 9.85. The molecule has 1 aromatic heterocycles. The molecular weight excluding hydrogens is 346 g/mol. The third-order valence-corrected chi connectivity index (χ3v) is 6.02. The first kappa shape index (κ1) is 17.7. The SMILES string of the molecule is Cc1cccc2c(=O)n(CC(=O)N3C(C(=O)O)CC4CCCCC43)cnc12. The highest BCUT2D eigenvalue weighted by atomic mass is 16.4. The van der Waals surface area contributed by atoms with Crippen molar-refractivity contribution in [1.29, 1.82) is 0 Å². The largest absolute Gasteiger partial charge is 0.480 e. The van der Waals surface area contributed by atoms with Crippen molar-refractivity contribution in [1.82, 2.24) is 14.5 Å². The van der Waals surface area contributed by atoms with E-state index in [4.69, 9.17) is 0 Å². The van der Waals surface area contributed by atoms with E-state index in [0.29, 0.717) is 17.3 Å².